The number of aromatic nitrogens is 5. The van der Waals surface area contributed by atoms with Gasteiger partial charge in [-0.3, -0.25) is 14.2 Å². The first-order valence-corrected chi connectivity index (χ1v) is 7.09. The number of ether oxygens (including phenoxy) is 2. The lowest BCUT2D eigenvalue weighted by atomic mass is 10.2. The summed E-state index contributed by atoms with van der Waals surface area (Å²) < 4.78 is 14.5. The molecule has 0 radical (unpaired) electrons. The topological polar surface area (TPSA) is 96.1 Å². The Labute approximate surface area is 127 Å². The molecule has 3 rings (SSSR count). The maximum Gasteiger partial charge on any atom is 0.273 e. The molecule has 2 atom stereocenters. The molecule has 1 aliphatic rings. The maximum absolute atomic E-state index is 12.1. The molecule has 3 heterocycles. The van der Waals surface area contributed by atoms with E-state index in [1.807, 2.05) is 13.1 Å². The second-order valence-corrected chi connectivity index (χ2v) is 5.08. The third kappa shape index (κ3) is 3.08. The number of nitrogens with one attached hydrogen (secondary N) is 1. The van der Waals surface area contributed by atoms with Gasteiger partial charge in [0.2, 0.25) is 0 Å². The minimum absolute atomic E-state index is 0.237. The summed E-state index contributed by atoms with van der Waals surface area (Å²) in [7, 11) is 1.71. The molecule has 0 unspecified atom stereocenters. The number of hydrogen-bond acceptors (Lipinski definition) is 6. The zero-order chi connectivity index (χ0) is 15.5. The lowest BCUT2D eigenvalue weighted by molar-refractivity contribution is 0.0899. The minimum Gasteiger partial charge on any atom is -0.482 e. The Balaban J connectivity index is 1.61. The highest BCUT2D eigenvalue weighted by atomic mass is 16.5. The lowest BCUT2D eigenvalue weighted by Crippen LogP contribution is -2.45. The first-order chi connectivity index (χ1) is 10.7. The molecule has 9 heteroatoms. The molecule has 9 nitrogen and oxygen atoms in total. The standard InChI is InChI=1S/C13H18N6O3/c1-3-19-5-9(4-14-19)22-12-8-21-7-11(12)15-13(20)10-6-18(2)17-16-10/h4-6,11-12H,3,7-8H2,1-2H3,(H,15,20)/t11-,12+/m0/s1. The van der Waals surface area contributed by atoms with Crippen LogP contribution in [0.1, 0.15) is 17.4 Å². The highest BCUT2D eigenvalue weighted by Crippen LogP contribution is 2.16. The third-order valence-corrected chi connectivity index (χ3v) is 3.40. The van der Waals surface area contributed by atoms with Crippen molar-refractivity contribution < 1.29 is 14.3 Å². The molecule has 2 aromatic heterocycles. The van der Waals surface area contributed by atoms with Crippen molar-refractivity contribution in [3.05, 3.63) is 24.3 Å². The summed E-state index contributed by atoms with van der Waals surface area (Å²) in [6.07, 6.45) is 4.78. The van der Waals surface area contributed by atoms with E-state index >= 15 is 0 Å². The monoisotopic (exact) mass is 306 g/mol. The highest BCUT2D eigenvalue weighted by molar-refractivity contribution is 5.92. The number of amides is 1. The number of nitrogens with zero attached hydrogens (tertiary/aromatic N) is 5. The van der Waals surface area contributed by atoms with Crippen LogP contribution < -0.4 is 10.1 Å². The van der Waals surface area contributed by atoms with Crippen molar-refractivity contribution >= 4 is 5.91 Å². The molecule has 1 aliphatic heterocycles. The summed E-state index contributed by atoms with van der Waals surface area (Å²) in [6, 6.07) is -0.237. The molecule has 1 fully saturated rings. The molecule has 1 saturated heterocycles. The minimum atomic E-state index is -0.290. The van der Waals surface area contributed by atoms with Gasteiger partial charge in [-0.15, -0.1) is 5.10 Å². The third-order valence-electron chi connectivity index (χ3n) is 3.40. The number of rotatable bonds is 5. The van der Waals surface area contributed by atoms with Crippen molar-refractivity contribution in [3.8, 4) is 5.75 Å². The summed E-state index contributed by atoms with van der Waals surface area (Å²) in [4.78, 5) is 12.1. The molecule has 0 saturated carbocycles. The molecule has 118 valence electrons. The molecular formula is C13H18N6O3. The Morgan fingerprint density at radius 3 is 3.05 bits per heavy atom. The first-order valence-electron chi connectivity index (χ1n) is 7.09. The summed E-state index contributed by atoms with van der Waals surface area (Å²) in [5, 5.41) is 14.6. The fourth-order valence-corrected chi connectivity index (χ4v) is 2.23. The quantitative estimate of drug-likeness (QED) is 0.808. The van der Waals surface area contributed by atoms with E-state index in [0.717, 1.165) is 6.54 Å². The van der Waals surface area contributed by atoms with E-state index in [1.54, 1.807) is 24.1 Å². The molecule has 22 heavy (non-hydrogen) atoms. The Morgan fingerprint density at radius 2 is 2.36 bits per heavy atom. The van der Waals surface area contributed by atoms with Crippen LogP contribution in [0.4, 0.5) is 0 Å². The van der Waals surface area contributed by atoms with Gasteiger partial charge in [0, 0.05) is 13.6 Å². The van der Waals surface area contributed by atoms with Crippen molar-refractivity contribution in [1.29, 1.82) is 0 Å². The molecule has 0 spiro atoms. The predicted molar refractivity (Wildman–Crippen MR) is 75.4 cm³/mol. The molecule has 0 aliphatic carbocycles. The smallest absolute Gasteiger partial charge is 0.273 e. The van der Waals surface area contributed by atoms with Gasteiger partial charge in [0.25, 0.3) is 5.91 Å². The van der Waals surface area contributed by atoms with Crippen LogP contribution in [0.25, 0.3) is 0 Å². The Bertz CT molecular complexity index is 652. The number of carbonyl (C=O) groups excluding carboxylic acids is 1. The average Bonchev–Trinajstić information content (AvgIpc) is 3.22. The lowest BCUT2D eigenvalue weighted by Gasteiger charge is -2.19. The summed E-state index contributed by atoms with van der Waals surface area (Å²) in [5.74, 6) is 0.373. The van der Waals surface area contributed by atoms with Gasteiger partial charge in [-0.1, -0.05) is 5.21 Å². The second-order valence-electron chi connectivity index (χ2n) is 5.08. The van der Waals surface area contributed by atoms with E-state index in [1.165, 1.54) is 4.68 Å². The van der Waals surface area contributed by atoms with Crippen molar-refractivity contribution in [2.24, 2.45) is 7.05 Å². The van der Waals surface area contributed by atoms with Crippen LogP contribution in [0.2, 0.25) is 0 Å². The van der Waals surface area contributed by atoms with Crippen LogP contribution in [0, 0.1) is 0 Å². The van der Waals surface area contributed by atoms with Gasteiger partial charge in [0.05, 0.1) is 37.8 Å². The Hall–Kier alpha value is -2.42. The van der Waals surface area contributed by atoms with Crippen molar-refractivity contribution in [2.75, 3.05) is 13.2 Å². The van der Waals surface area contributed by atoms with Gasteiger partial charge in [-0.05, 0) is 6.92 Å². The Kier molecular flexibility index (Phi) is 4.05. The highest BCUT2D eigenvalue weighted by Gasteiger charge is 2.32. The van der Waals surface area contributed by atoms with Gasteiger partial charge in [-0.25, -0.2) is 0 Å². The predicted octanol–water partition coefficient (Wildman–Crippen LogP) is -0.392. The molecule has 0 aromatic carbocycles. The van der Waals surface area contributed by atoms with Gasteiger partial charge in [0.1, 0.15) is 6.10 Å². The van der Waals surface area contributed by atoms with Crippen LogP contribution in [-0.2, 0) is 18.3 Å². The first kappa shape index (κ1) is 14.5. The normalized spacial score (nSPS) is 21.0. The van der Waals surface area contributed by atoms with Gasteiger partial charge in [0.15, 0.2) is 11.4 Å². The fourth-order valence-electron chi connectivity index (χ4n) is 2.23. The summed E-state index contributed by atoms with van der Waals surface area (Å²) in [6.45, 7) is 3.60. The largest absolute Gasteiger partial charge is 0.482 e. The van der Waals surface area contributed by atoms with Gasteiger partial charge < -0.3 is 14.8 Å². The van der Waals surface area contributed by atoms with E-state index in [4.69, 9.17) is 9.47 Å². The van der Waals surface area contributed by atoms with E-state index in [2.05, 4.69) is 20.7 Å². The van der Waals surface area contributed by atoms with Crippen molar-refractivity contribution in [3.63, 3.8) is 0 Å². The maximum atomic E-state index is 12.1. The van der Waals surface area contributed by atoms with E-state index in [-0.39, 0.29) is 23.7 Å². The van der Waals surface area contributed by atoms with Crippen LogP contribution in [0.3, 0.4) is 0 Å². The molecule has 2 aromatic rings. The van der Waals surface area contributed by atoms with Crippen LogP contribution in [0.5, 0.6) is 5.75 Å². The molecule has 0 bridgehead atoms. The zero-order valence-electron chi connectivity index (χ0n) is 12.5. The average molecular weight is 306 g/mol. The van der Waals surface area contributed by atoms with E-state index in [9.17, 15) is 4.79 Å². The van der Waals surface area contributed by atoms with Crippen molar-refractivity contribution in [2.45, 2.75) is 25.6 Å². The second kappa shape index (κ2) is 6.14. The van der Waals surface area contributed by atoms with Crippen LogP contribution in [0.15, 0.2) is 18.6 Å². The molecular weight excluding hydrogens is 288 g/mol. The number of aryl methyl sites for hydroxylation is 2. The van der Waals surface area contributed by atoms with E-state index < -0.39 is 0 Å². The number of hydrogen-bond donors (Lipinski definition) is 1. The van der Waals surface area contributed by atoms with Crippen LogP contribution in [-0.4, -0.2) is 56.0 Å². The van der Waals surface area contributed by atoms with Crippen LogP contribution >= 0.6 is 0 Å². The summed E-state index contributed by atoms with van der Waals surface area (Å²) >= 11 is 0. The summed E-state index contributed by atoms with van der Waals surface area (Å²) in [5.41, 5.74) is 0.270. The van der Waals surface area contributed by atoms with E-state index in [0.29, 0.717) is 19.0 Å². The molecule has 1 amide bonds. The fraction of sp³-hybridized carbons (Fsp3) is 0.538. The van der Waals surface area contributed by atoms with Gasteiger partial charge in [-0.2, -0.15) is 5.10 Å². The molecule has 1 N–H and O–H groups in total. The van der Waals surface area contributed by atoms with Gasteiger partial charge >= 0.3 is 0 Å². The Morgan fingerprint density at radius 1 is 1.50 bits per heavy atom. The zero-order valence-corrected chi connectivity index (χ0v) is 12.5. The SMILES string of the molecule is CCn1cc(O[C@@H]2COC[C@@H]2NC(=O)c2cn(C)nn2)cn1. The van der Waals surface area contributed by atoms with Crippen molar-refractivity contribution in [1.82, 2.24) is 30.1 Å². The number of carbonyl (C=O) groups is 1.